The molecule has 1 aromatic rings. The largest absolute Gasteiger partial charge is 0.376 e. The molecule has 0 heterocycles. The van der Waals surface area contributed by atoms with Gasteiger partial charge in [-0.25, -0.2) is 0 Å². The van der Waals surface area contributed by atoms with Crippen LogP contribution in [0.15, 0.2) is 30.3 Å². The van der Waals surface area contributed by atoms with Gasteiger partial charge in [0, 0.05) is 0 Å². The topological polar surface area (TPSA) is 9.23 Å². The number of ether oxygens (including phenoxy) is 1. The van der Waals surface area contributed by atoms with Crippen LogP contribution in [-0.4, -0.2) is 6.61 Å². The first kappa shape index (κ1) is 8.76. The smallest absolute Gasteiger partial charge is 0.0717 e. The molecule has 2 rings (SSSR count). The molecular formula is C12H16O. The Labute approximate surface area is 79.7 Å². The Balaban J connectivity index is 1.68. The van der Waals surface area contributed by atoms with Gasteiger partial charge in [-0.1, -0.05) is 37.3 Å². The highest BCUT2D eigenvalue weighted by Crippen LogP contribution is 2.37. The molecule has 0 N–H and O–H groups in total. The second-order valence-electron chi connectivity index (χ2n) is 3.97. The lowest BCUT2D eigenvalue weighted by Crippen LogP contribution is -1.97. The maximum Gasteiger partial charge on any atom is 0.0717 e. The molecule has 1 aromatic carbocycles. The summed E-state index contributed by atoms with van der Waals surface area (Å²) >= 11 is 0. The summed E-state index contributed by atoms with van der Waals surface area (Å²) in [6.45, 7) is 4.00. The number of hydrogen-bond donors (Lipinski definition) is 0. The first-order valence-electron chi connectivity index (χ1n) is 4.98. The van der Waals surface area contributed by atoms with E-state index in [1.807, 2.05) is 6.07 Å². The standard InChI is InChI=1S/C12H16O/c1-10-7-12(10)9-13-8-11-5-3-2-4-6-11/h2-6,10,12H,7-9H2,1H3/t10?,12-/m1/s1. The minimum Gasteiger partial charge on any atom is -0.376 e. The van der Waals surface area contributed by atoms with Gasteiger partial charge in [-0.15, -0.1) is 0 Å². The highest BCUT2D eigenvalue weighted by molar-refractivity contribution is 5.13. The van der Waals surface area contributed by atoms with Crippen LogP contribution in [0.25, 0.3) is 0 Å². The van der Waals surface area contributed by atoms with Crippen LogP contribution < -0.4 is 0 Å². The van der Waals surface area contributed by atoms with E-state index >= 15 is 0 Å². The summed E-state index contributed by atoms with van der Waals surface area (Å²) < 4.78 is 5.61. The predicted molar refractivity (Wildman–Crippen MR) is 53.4 cm³/mol. The maximum absolute atomic E-state index is 5.61. The highest BCUT2D eigenvalue weighted by atomic mass is 16.5. The van der Waals surface area contributed by atoms with Crippen molar-refractivity contribution in [1.82, 2.24) is 0 Å². The predicted octanol–water partition coefficient (Wildman–Crippen LogP) is 2.86. The molecule has 1 saturated carbocycles. The van der Waals surface area contributed by atoms with E-state index < -0.39 is 0 Å². The molecule has 1 unspecified atom stereocenters. The van der Waals surface area contributed by atoms with Gasteiger partial charge in [0.1, 0.15) is 0 Å². The van der Waals surface area contributed by atoms with E-state index in [1.165, 1.54) is 12.0 Å². The highest BCUT2D eigenvalue weighted by Gasteiger charge is 2.32. The average molecular weight is 176 g/mol. The van der Waals surface area contributed by atoms with Gasteiger partial charge in [-0.2, -0.15) is 0 Å². The molecule has 0 aliphatic heterocycles. The van der Waals surface area contributed by atoms with Crippen LogP contribution in [0.5, 0.6) is 0 Å². The molecule has 0 aromatic heterocycles. The average Bonchev–Trinajstić information content (AvgIpc) is 2.84. The Hall–Kier alpha value is -0.820. The summed E-state index contributed by atoms with van der Waals surface area (Å²) in [6.07, 6.45) is 1.36. The molecule has 1 aliphatic carbocycles. The Morgan fingerprint density at radius 1 is 1.31 bits per heavy atom. The van der Waals surface area contributed by atoms with Crippen molar-refractivity contribution in [2.24, 2.45) is 11.8 Å². The van der Waals surface area contributed by atoms with E-state index in [-0.39, 0.29) is 0 Å². The second kappa shape index (κ2) is 3.93. The molecule has 1 aliphatic rings. The molecular weight excluding hydrogens is 160 g/mol. The Bertz CT molecular complexity index is 255. The van der Waals surface area contributed by atoms with Gasteiger partial charge in [-0.3, -0.25) is 0 Å². The van der Waals surface area contributed by atoms with Gasteiger partial charge in [0.05, 0.1) is 13.2 Å². The van der Waals surface area contributed by atoms with Crippen molar-refractivity contribution in [3.05, 3.63) is 35.9 Å². The second-order valence-corrected chi connectivity index (χ2v) is 3.97. The van der Waals surface area contributed by atoms with Crippen LogP contribution in [0.3, 0.4) is 0 Å². The monoisotopic (exact) mass is 176 g/mol. The van der Waals surface area contributed by atoms with Crippen LogP contribution >= 0.6 is 0 Å². The van der Waals surface area contributed by atoms with Crippen molar-refractivity contribution in [2.75, 3.05) is 6.61 Å². The molecule has 70 valence electrons. The molecule has 1 nitrogen and oxygen atoms in total. The molecule has 0 bridgehead atoms. The van der Waals surface area contributed by atoms with Gasteiger partial charge >= 0.3 is 0 Å². The van der Waals surface area contributed by atoms with E-state index in [0.717, 1.165) is 25.0 Å². The molecule has 0 radical (unpaired) electrons. The zero-order valence-electron chi connectivity index (χ0n) is 8.07. The summed E-state index contributed by atoms with van der Waals surface area (Å²) in [5.41, 5.74) is 1.27. The molecule has 0 saturated heterocycles. The van der Waals surface area contributed by atoms with Crippen LogP contribution in [-0.2, 0) is 11.3 Å². The zero-order valence-corrected chi connectivity index (χ0v) is 8.07. The molecule has 0 spiro atoms. The van der Waals surface area contributed by atoms with Crippen molar-refractivity contribution in [3.63, 3.8) is 0 Å². The van der Waals surface area contributed by atoms with Gasteiger partial charge in [-0.05, 0) is 23.8 Å². The van der Waals surface area contributed by atoms with Crippen LogP contribution in [0.4, 0.5) is 0 Å². The van der Waals surface area contributed by atoms with Crippen molar-refractivity contribution in [1.29, 1.82) is 0 Å². The maximum atomic E-state index is 5.61. The fourth-order valence-corrected chi connectivity index (χ4v) is 1.53. The third-order valence-corrected chi connectivity index (χ3v) is 2.72. The van der Waals surface area contributed by atoms with E-state index in [0.29, 0.717) is 0 Å². The van der Waals surface area contributed by atoms with Crippen molar-refractivity contribution in [2.45, 2.75) is 20.0 Å². The number of benzene rings is 1. The third kappa shape index (κ3) is 2.56. The fourth-order valence-electron chi connectivity index (χ4n) is 1.53. The lowest BCUT2D eigenvalue weighted by atomic mass is 10.2. The zero-order chi connectivity index (χ0) is 9.10. The van der Waals surface area contributed by atoms with Gasteiger partial charge in [0.2, 0.25) is 0 Å². The van der Waals surface area contributed by atoms with Crippen molar-refractivity contribution >= 4 is 0 Å². The van der Waals surface area contributed by atoms with Gasteiger partial charge in [0.15, 0.2) is 0 Å². The lowest BCUT2D eigenvalue weighted by molar-refractivity contribution is 0.108. The first-order chi connectivity index (χ1) is 6.36. The van der Waals surface area contributed by atoms with E-state index in [9.17, 15) is 0 Å². The normalized spacial score (nSPS) is 25.9. The molecule has 13 heavy (non-hydrogen) atoms. The van der Waals surface area contributed by atoms with Crippen molar-refractivity contribution < 1.29 is 4.74 Å². The van der Waals surface area contributed by atoms with Crippen LogP contribution in [0.2, 0.25) is 0 Å². The number of hydrogen-bond acceptors (Lipinski definition) is 1. The number of rotatable bonds is 4. The molecule has 1 heteroatoms. The van der Waals surface area contributed by atoms with Gasteiger partial charge < -0.3 is 4.74 Å². The minimum absolute atomic E-state index is 0.768. The summed E-state index contributed by atoms with van der Waals surface area (Å²) in [4.78, 5) is 0. The quantitative estimate of drug-likeness (QED) is 0.685. The van der Waals surface area contributed by atoms with E-state index in [2.05, 4.69) is 31.2 Å². The minimum atomic E-state index is 0.768. The summed E-state index contributed by atoms with van der Waals surface area (Å²) in [5.74, 6) is 1.74. The van der Waals surface area contributed by atoms with Crippen LogP contribution in [0.1, 0.15) is 18.9 Å². The summed E-state index contributed by atoms with van der Waals surface area (Å²) in [6, 6.07) is 10.4. The lowest BCUT2D eigenvalue weighted by Gasteiger charge is -2.02. The fraction of sp³-hybridized carbons (Fsp3) is 0.500. The summed E-state index contributed by atoms with van der Waals surface area (Å²) in [7, 11) is 0. The Morgan fingerprint density at radius 3 is 2.62 bits per heavy atom. The first-order valence-corrected chi connectivity index (χ1v) is 4.98. The van der Waals surface area contributed by atoms with E-state index in [4.69, 9.17) is 4.74 Å². The van der Waals surface area contributed by atoms with E-state index in [1.54, 1.807) is 0 Å². The summed E-state index contributed by atoms with van der Waals surface area (Å²) in [5, 5.41) is 0. The third-order valence-electron chi connectivity index (χ3n) is 2.72. The molecule has 1 fully saturated rings. The van der Waals surface area contributed by atoms with Crippen LogP contribution in [0, 0.1) is 11.8 Å². The molecule has 2 atom stereocenters. The Morgan fingerprint density at radius 2 is 2.00 bits per heavy atom. The van der Waals surface area contributed by atoms with Gasteiger partial charge in [0.25, 0.3) is 0 Å². The van der Waals surface area contributed by atoms with Crippen molar-refractivity contribution in [3.8, 4) is 0 Å². The molecule has 0 amide bonds. The SMILES string of the molecule is CC1C[C@@H]1COCc1ccccc1. The Kier molecular flexibility index (Phi) is 2.65.